The van der Waals surface area contributed by atoms with Crippen LogP contribution in [0.5, 0.6) is 0 Å². The third kappa shape index (κ3) is 4.09. The van der Waals surface area contributed by atoms with Gasteiger partial charge in [-0.05, 0) is 130 Å². The van der Waals surface area contributed by atoms with Gasteiger partial charge < -0.3 is 9.53 Å². The molecule has 4 rings (SSSR count). The first-order valence-electron chi connectivity index (χ1n) is 14.1. The number of aliphatic hydroxyl groups is 1. The van der Waals surface area contributed by atoms with Crippen molar-refractivity contribution < 1.29 is 9.53 Å². The fourth-order valence-corrected chi connectivity index (χ4v) is 10.4. The van der Waals surface area contributed by atoms with E-state index in [2.05, 4.69) is 61.6 Å². The molecule has 0 aromatic rings. The Morgan fingerprint density at radius 2 is 1.53 bits per heavy atom. The second-order valence-corrected chi connectivity index (χ2v) is 19.5. The molecule has 0 bridgehead atoms. The monoisotopic (exact) mass is 462 g/mol. The van der Waals surface area contributed by atoms with Crippen LogP contribution < -0.4 is 0 Å². The van der Waals surface area contributed by atoms with E-state index in [1.54, 1.807) is 0 Å². The normalized spacial score (nSPS) is 45.8. The van der Waals surface area contributed by atoms with Crippen molar-refractivity contribution >= 4 is 8.32 Å². The Morgan fingerprint density at radius 1 is 0.875 bits per heavy atom. The van der Waals surface area contributed by atoms with Gasteiger partial charge in [0, 0.05) is 6.10 Å². The summed E-state index contributed by atoms with van der Waals surface area (Å²) in [6.07, 6.45) is 12.2. The van der Waals surface area contributed by atoms with E-state index in [1.165, 1.54) is 44.9 Å². The van der Waals surface area contributed by atoms with Gasteiger partial charge in [-0.15, -0.1) is 0 Å². The first-order chi connectivity index (χ1) is 14.7. The molecule has 0 radical (unpaired) electrons. The van der Waals surface area contributed by atoms with E-state index in [0.717, 1.165) is 48.3 Å². The highest BCUT2D eigenvalue weighted by atomic mass is 28.4. The lowest BCUT2D eigenvalue weighted by Gasteiger charge is -2.58. The van der Waals surface area contributed by atoms with Gasteiger partial charge in [0.2, 0.25) is 0 Å². The van der Waals surface area contributed by atoms with Crippen LogP contribution in [0.25, 0.3) is 0 Å². The van der Waals surface area contributed by atoms with Crippen molar-refractivity contribution in [3.8, 4) is 0 Å². The quantitative estimate of drug-likeness (QED) is 0.428. The van der Waals surface area contributed by atoms with Gasteiger partial charge in [0.25, 0.3) is 0 Å². The third-order valence-electron chi connectivity index (χ3n) is 12.0. The summed E-state index contributed by atoms with van der Waals surface area (Å²) in [4.78, 5) is 0. The molecule has 0 aromatic heterocycles. The molecule has 0 saturated heterocycles. The van der Waals surface area contributed by atoms with Crippen LogP contribution in [-0.4, -0.2) is 25.1 Å². The van der Waals surface area contributed by atoms with Gasteiger partial charge in [0.15, 0.2) is 8.32 Å². The van der Waals surface area contributed by atoms with Gasteiger partial charge in [0.05, 0.1) is 5.60 Å². The average Bonchev–Trinajstić information content (AvgIpc) is 3.03. The summed E-state index contributed by atoms with van der Waals surface area (Å²) >= 11 is 0. The van der Waals surface area contributed by atoms with E-state index in [-0.39, 0.29) is 5.04 Å². The average molecular weight is 463 g/mol. The Kier molecular flexibility index (Phi) is 6.60. The van der Waals surface area contributed by atoms with Gasteiger partial charge in [-0.1, -0.05) is 41.5 Å². The van der Waals surface area contributed by atoms with Crippen LogP contribution in [0.3, 0.4) is 0 Å². The minimum Gasteiger partial charge on any atom is -0.414 e. The maximum Gasteiger partial charge on any atom is 0.192 e. The second kappa shape index (κ2) is 8.37. The molecule has 2 nitrogen and oxygen atoms in total. The first-order valence-corrected chi connectivity index (χ1v) is 17.0. The maximum absolute atomic E-state index is 11.2. The topological polar surface area (TPSA) is 29.5 Å². The molecule has 4 aliphatic rings. The highest BCUT2D eigenvalue weighted by Crippen LogP contribution is 2.65. The molecule has 186 valence electrons. The molecule has 1 unspecified atom stereocenters. The van der Waals surface area contributed by atoms with E-state index in [4.69, 9.17) is 4.43 Å². The highest BCUT2D eigenvalue weighted by Gasteiger charge is 2.59. The van der Waals surface area contributed by atoms with Crippen LogP contribution >= 0.6 is 0 Å². The van der Waals surface area contributed by atoms with Crippen molar-refractivity contribution in [2.24, 2.45) is 46.8 Å². The highest BCUT2D eigenvalue weighted by molar-refractivity contribution is 6.74. The zero-order valence-corrected chi connectivity index (χ0v) is 23.8. The van der Waals surface area contributed by atoms with Crippen molar-refractivity contribution in [1.29, 1.82) is 0 Å². The third-order valence-corrected chi connectivity index (χ3v) is 16.6. The number of hydrogen-bond acceptors (Lipinski definition) is 2. The Labute approximate surface area is 200 Å². The lowest BCUT2D eigenvalue weighted by Crippen LogP contribution is -2.53. The molecule has 32 heavy (non-hydrogen) atoms. The van der Waals surface area contributed by atoms with Crippen LogP contribution in [0.2, 0.25) is 18.1 Å². The summed E-state index contributed by atoms with van der Waals surface area (Å²) < 4.78 is 6.98. The molecule has 9 atom stereocenters. The summed E-state index contributed by atoms with van der Waals surface area (Å²) in [7, 11) is -1.73. The smallest absolute Gasteiger partial charge is 0.192 e. The van der Waals surface area contributed by atoms with Crippen LogP contribution in [0.1, 0.15) is 106 Å². The molecule has 3 heteroatoms. The van der Waals surface area contributed by atoms with Crippen molar-refractivity contribution in [3.05, 3.63) is 0 Å². The minimum atomic E-state index is -1.73. The molecule has 4 fully saturated rings. The van der Waals surface area contributed by atoms with Crippen LogP contribution in [0.4, 0.5) is 0 Å². The van der Waals surface area contributed by atoms with Crippen molar-refractivity contribution in [2.45, 2.75) is 136 Å². The molecule has 0 heterocycles. The Bertz CT molecular complexity index is 681. The summed E-state index contributed by atoms with van der Waals surface area (Å²) in [6, 6.07) is 0. The number of fused-ring (bicyclic) bond motifs is 5. The van der Waals surface area contributed by atoms with Crippen molar-refractivity contribution in [2.75, 3.05) is 0 Å². The molecule has 0 amide bonds. The van der Waals surface area contributed by atoms with Gasteiger partial charge >= 0.3 is 0 Å². The van der Waals surface area contributed by atoms with Crippen molar-refractivity contribution in [1.82, 2.24) is 0 Å². The van der Waals surface area contributed by atoms with E-state index in [1.807, 2.05) is 0 Å². The van der Waals surface area contributed by atoms with Gasteiger partial charge in [-0.2, -0.15) is 0 Å². The Morgan fingerprint density at radius 3 is 2.16 bits per heavy atom. The fourth-order valence-electron chi connectivity index (χ4n) is 8.97. The zero-order valence-electron chi connectivity index (χ0n) is 22.8. The van der Waals surface area contributed by atoms with E-state index < -0.39 is 13.9 Å². The van der Waals surface area contributed by atoms with Crippen LogP contribution in [0.15, 0.2) is 0 Å². The zero-order chi connectivity index (χ0) is 23.7. The largest absolute Gasteiger partial charge is 0.414 e. The molecule has 1 N–H and O–H groups in total. The maximum atomic E-state index is 11.2. The molecule has 0 aliphatic heterocycles. The Hall–Kier alpha value is 0.137. The minimum absolute atomic E-state index is 0.287. The number of rotatable bonds is 4. The SMILES string of the molecule is CC(O[Si](C)(C)C(C)(C)C)[C@H]1CC[C@H]2[C@@H]3CC[C@@H]4C[C@@](O)(C(C)C)CC[C@@H]4[C@H]3CC[C@]12C. The van der Waals surface area contributed by atoms with E-state index in [9.17, 15) is 5.11 Å². The summed E-state index contributed by atoms with van der Waals surface area (Å²) in [5.41, 5.74) is 0.0786. The molecular formula is C29H54O2Si. The predicted molar refractivity (Wildman–Crippen MR) is 138 cm³/mol. The van der Waals surface area contributed by atoms with E-state index in [0.29, 0.717) is 17.4 Å². The molecule has 0 spiro atoms. The molecule has 0 aromatic carbocycles. The lowest BCUT2D eigenvalue weighted by atomic mass is 9.48. The van der Waals surface area contributed by atoms with Gasteiger partial charge in [-0.25, -0.2) is 0 Å². The lowest BCUT2D eigenvalue weighted by molar-refractivity contribution is -0.124. The Balaban J connectivity index is 1.47. The summed E-state index contributed by atoms with van der Waals surface area (Å²) in [5.74, 6) is 5.57. The van der Waals surface area contributed by atoms with Gasteiger partial charge in [0.1, 0.15) is 0 Å². The van der Waals surface area contributed by atoms with E-state index >= 15 is 0 Å². The van der Waals surface area contributed by atoms with Gasteiger partial charge in [-0.3, -0.25) is 0 Å². The summed E-state index contributed by atoms with van der Waals surface area (Å²) in [6.45, 7) is 21.5. The molecule has 4 saturated carbocycles. The first kappa shape index (κ1) is 25.2. The standard InChI is InChI=1S/C29H54O2Si/c1-19(2)29(30)17-15-22-21(18-29)10-11-24-23(22)14-16-28(7)25(12-13-26(24)28)20(3)31-32(8,9)27(4,5)6/h19-26,30H,10-18H2,1-9H3/t20?,21-,22+,23-,24-,25-,26+,28-,29-/m1/s1. The predicted octanol–water partition coefficient (Wildman–Crippen LogP) is 8.05. The second-order valence-electron chi connectivity index (χ2n) is 14.7. The van der Waals surface area contributed by atoms with Crippen LogP contribution in [-0.2, 0) is 4.43 Å². The van der Waals surface area contributed by atoms with Crippen molar-refractivity contribution in [3.63, 3.8) is 0 Å². The number of hydrogen-bond donors (Lipinski definition) is 1. The summed E-state index contributed by atoms with van der Waals surface area (Å²) in [5, 5.41) is 11.5. The molecule has 4 aliphatic carbocycles. The fraction of sp³-hybridized carbons (Fsp3) is 1.00. The molecular weight excluding hydrogens is 408 g/mol. The van der Waals surface area contributed by atoms with Crippen LogP contribution in [0, 0.1) is 46.8 Å².